The molecule has 23 heavy (non-hydrogen) atoms. The fourth-order valence-electron chi connectivity index (χ4n) is 2.41. The molecule has 0 spiro atoms. The molecule has 1 aromatic carbocycles. The summed E-state index contributed by atoms with van der Waals surface area (Å²) in [6.45, 7) is 2.98. The molecule has 0 atom stereocenters. The Bertz CT molecular complexity index is 584. The van der Waals surface area contributed by atoms with Crippen molar-refractivity contribution in [2.45, 2.75) is 26.2 Å². The van der Waals surface area contributed by atoms with Gasteiger partial charge in [-0.3, -0.25) is 19.3 Å². The number of hydrogen-bond acceptors (Lipinski definition) is 4. The summed E-state index contributed by atoms with van der Waals surface area (Å²) in [5.74, 6) is 0.328. The van der Waals surface area contributed by atoms with Crippen LogP contribution in [-0.4, -0.2) is 54.3 Å². The van der Waals surface area contributed by atoms with Crippen molar-refractivity contribution >= 4 is 17.7 Å². The van der Waals surface area contributed by atoms with Crippen molar-refractivity contribution in [3.63, 3.8) is 0 Å². The van der Waals surface area contributed by atoms with Gasteiger partial charge in [0.25, 0.3) is 0 Å². The summed E-state index contributed by atoms with van der Waals surface area (Å²) in [6, 6.07) is 7.70. The molecule has 2 rings (SSSR count). The average Bonchev–Trinajstić information content (AvgIpc) is 2.85. The number of likely N-dealkylation sites (N-methyl/N-ethyl adjacent to an activating group) is 1. The third-order valence-electron chi connectivity index (χ3n) is 3.91. The lowest BCUT2D eigenvalue weighted by Crippen LogP contribution is -2.36. The van der Waals surface area contributed by atoms with Gasteiger partial charge in [-0.25, -0.2) is 0 Å². The highest BCUT2D eigenvalue weighted by Gasteiger charge is 2.29. The van der Waals surface area contributed by atoms with Crippen molar-refractivity contribution in [3.8, 4) is 5.75 Å². The topological polar surface area (TPSA) is 66.9 Å². The summed E-state index contributed by atoms with van der Waals surface area (Å²) in [4.78, 5) is 37.8. The minimum atomic E-state index is -0.187. The van der Waals surface area contributed by atoms with Crippen molar-refractivity contribution in [3.05, 3.63) is 29.8 Å². The standard InChI is InChI=1S/C17H22N2O4/c1-13-5-3-4-6-14(13)23-12-11-18(2)15(20)9-10-19-16(21)7-8-17(19)22/h3-6H,7-12H2,1-2H3. The molecule has 0 aliphatic carbocycles. The van der Waals surface area contributed by atoms with E-state index < -0.39 is 0 Å². The van der Waals surface area contributed by atoms with Crippen molar-refractivity contribution in [1.82, 2.24) is 9.80 Å². The molecule has 0 radical (unpaired) electrons. The number of aryl methyl sites for hydroxylation is 1. The molecular formula is C17H22N2O4. The summed E-state index contributed by atoms with van der Waals surface area (Å²) < 4.78 is 5.66. The SMILES string of the molecule is Cc1ccccc1OCCN(C)C(=O)CCN1C(=O)CCC1=O. The van der Waals surface area contributed by atoms with E-state index in [0.29, 0.717) is 13.2 Å². The number of amides is 3. The lowest BCUT2D eigenvalue weighted by atomic mass is 10.2. The van der Waals surface area contributed by atoms with Crippen molar-refractivity contribution in [2.24, 2.45) is 0 Å². The first-order chi connectivity index (χ1) is 11.0. The Labute approximate surface area is 136 Å². The number of benzene rings is 1. The van der Waals surface area contributed by atoms with Crippen LogP contribution in [-0.2, 0) is 14.4 Å². The van der Waals surface area contributed by atoms with E-state index in [1.54, 1.807) is 11.9 Å². The van der Waals surface area contributed by atoms with Gasteiger partial charge in [-0.05, 0) is 18.6 Å². The number of rotatable bonds is 7. The molecular weight excluding hydrogens is 296 g/mol. The first kappa shape index (κ1) is 17.0. The van der Waals surface area contributed by atoms with Gasteiger partial charge in [0.05, 0.1) is 6.54 Å². The van der Waals surface area contributed by atoms with Gasteiger partial charge < -0.3 is 9.64 Å². The number of imide groups is 1. The monoisotopic (exact) mass is 318 g/mol. The zero-order valence-electron chi connectivity index (χ0n) is 13.6. The van der Waals surface area contributed by atoms with Gasteiger partial charge >= 0.3 is 0 Å². The molecule has 1 fully saturated rings. The smallest absolute Gasteiger partial charge is 0.229 e. The molecule has 1 aliphatic heterocycles. The molecule has 0 saturated carbocycles. The average molecular weight is 318 g/mol. The molecule has 1 saturated heterocycles. The number of ether oxygens (including phenoxy) is 1. The fourth-order valence-corrected chi connectivity index (χ4v) is 2.41. The van der Waals surface area contributed by atoms with E-state index in [1.165, 1.54) is 4.90 Å². The van der Waals surface area contributed by atoms with Crippen LogP contribution < -0.4 is 4.74 Å². The van der Waals surface area contributed by atoms with Crippen molar-refractivity contribution in [2.75, 3.05) is 26.7 Å². The molecule has 124 valence electrons. The van der Waals surface area contributed by atoms with Crippen molar-refractivity contribution < 1.29 is 19.1 Å². The van der Waals surface area contributed by atoms with E-state index in [1.807, 2.05) is 31.2 Å². The van der Waals surface area contributed by atoms with E-state index >= 15 is 0 Å². The minimum Gasteiger partial charge on any atom is -0.491 e. The second kappa shape index (κ2) is 7.76. The molecule has 3 amide bonds. The summed E-state index contributed by atoms with van der Waals surface area (Å²) >= 11 is 0. The van der Waals surface area contributed by atoms with Crippen LogP contribution in [0, 0.1) is 6.92 Å². The third-order valence-corrected chi connectivity index (χ3v) is 3.91. The highest BCUT2D eigenvalue weighted by molar-refractivity contribution is 6.02. The molecule has 1 aliphatic rings. The van der Waals surface area contributed by atoms with Crippen LogP contribution >= 0.6 is 0 Å². The number of likely N-dealkylation sites (tertiary alicyclic amines) is 1. The Kier molecular flexibility index (Phi) is 5.73. The second-order valence-electron chi connectivity index (χ2n) is 5.62. The van der Waals surface area contributed by atoms with Crippen LogP contribution in [0.25, 0.3) is 0 Å². The highest BCUT2D eigenvalue weighted by atomic mass is 16.5. The maximum atomic E-state index is 12.0. The van der Waals surface area contributed by atoms with Gasteiger partial charge in [0.15, 0.2) is 0 Å². The van der Waals surface area contributed by atoms with Crippen LogP contribution in [0.15, 0.2) is 24.3 Å². The Balaban J connectivity index is 1.72. The normalized spacial score (nSPS) is 14.3. The number of hydrogen-bond donors (Lipinski definition) is 0. The highest BCUT2D eigenvalue weighted by Crippen LogP contribution is 2.16. The quantitative estimate of drug-likeness (QED) is 0.712. The summed E-state index contributed by atoms with van der Waals surface area (Å²) in [5.41, 5.74) is 1.05. The maximum Gasteiger partial charge on any atom is 0.229 e. The van der Waals surface area contributed by atoms with E-state index in [2.05, 4.69) is 0 Å². The van der Waals surface area contributed by atoms with E-state index in [4.69, 9.17) is 4.74 Å². The predicted octanol–water partition coefficient (Wildman–Crippen LogP) is 1.37. The van der Waals surface area contributed by atoms with Crippen LogP contribution in [0.3, 0.4) is 0 Å². The van der Waals surface area contributed by atoms with E-state index in [0.717, 1.165) is 11.3 Å². The molecule has 0 bridgehead atoms. The minimum absolute atomic E-state index is 0.106. The molecule has 0 unspecified atom stereocenters. The molecule has 1 heterocycles. The predicted molar refractivity (Wildman–Crippen MR) is 84.9 cm³/mol. The Hall–Kier alpha value is -2.37. The van der Waals surface area contributed by atoms with Gasteiger partial charge in [-0.2, -0.15) is 0 Å². The van der Waals surface area contributed by atoms with Gasteiger partial charge in [0.2, 0.25) is 17.7 Å². The molecule has 0 aromatic heterocycles. The summed E-state index contributed by atoms with van der Waals surface area (Å²) in [6.07, 6.45) is 0.665. The van der Waals surface area contributed by atoms with Crippen molar-refractivity contribution in [1.29, 1.82) is 0 Å². The molecule has 1 aromatic rings. The number of para-hydroxylation sites is 1. The van der Waals surface area contributed by atoms with Gasteiger partial charge in [-0.1, -0.05) is 18.2 Å². The molecule has 0 N–H and O–H groups in total. The summed E-state index contributed by atoms with van der Waals surface area (Å²) in [7, 11) is 1.69. The second-order valence-corrected chi connectivity index (χ2v) is 5.62. The zero-order valence-corrected chi connectivity index (χ0v) is 13.6. The summed E-state index contributed by atoms with van der Waals surface area (Å²) in [5, 5.41) is 0. The van der Waals surface area contributed by atoms with Gasteiger partial charge in [0.1, 0.15) is 12.4 Å². The molecule has 6 heteroatoms. The van der Waals surface area contributed by atoms with Crippen LogP contribution in [0.1, 0.15) is 24.8 Å². The number of carbonyl (C=O) groups is 3. The maximum absolute atomic E-state index is 12.0. The van der Waals surface area contributed by atoms with E-state index in [9.17, 15) is 14.4 Å². The third kappa shape index (κ3) is 4.55. The fraction of sp³-hybridized carbons (Fsp3) is 0.471. The van der Waals surface area contributed by atoms with Gasteiger partial charge in [0, 0.05) is 32.9 Å². The Morgan fingerprint density at radius 2 is 1.87 bits per heavy atom. The first-order valence-corrected chi connectivity index (χ1v) is 7.74. The van der Waals surface area contributed by atoms with Crippen LogP contribution in [0.5, 0.6) is 5.75 Å². The van der Waals surface area contributed by atoms with E-state index in [-0.39, 0.29) is 43.5 Å². The number of carbonyl (C=O) groups excluding carboxylic acids is 3. The Morgan fingerprint density at radius 1 is 1.22 bits per heavy atom. The van der Waals surface area contributed by atoms with Crippen LogP contribution in [0.2, 0.25) is 0 Å². The van der Waals surface area contributed by atoms with Crippen LogP contribution in [0.4, 0.5) is 0 Å². The lowest BCUT2D eigenvalue weighted by molar-refractivity contribution is -0.139. The Morgan fingerprint density at radius 3 is 2.52 bits per heavy atom. The first-order valence-electron chi connectivity index (χ1n) is 7.74. The largest absolute Gasteiger partial charge is 0.491 e. The zero-order chi connectivity index (χ0) is 16.8. The number of nitrogens with zero attached hydrogens (tertiary/aromatic N) is 2. The van der Waals surface area contributed by atoms with Gasteiger partial charge in [-0.15, -0.1) is 0 Å². The lowest BCUT2D eigenvalue weighted by Gasteiger charge is -2.20. The molecule has 6 nitrogen and oxygen atoms in total.